The molecule has 1 aliphatic rings. The van der Waals surface area contributed by atoms with Crippen molar-refractivity contribution in [2.45, 2.75) is 25.3 Å². The molecule has 112 valence electrons. The van der Waals surface area contributed by atoms with E-state index in [2.05, 4.69) is 5.32 Å². The molecule has 0 unspecified atom stereocenters. The van der Waals surface area contributed by atoms with Crippen LogP contribution in [0.1, 0.15) is 40.5 Å². The van der Waals surface area contributed by atoms with Crippen LogP contribution in [0.2, 0.25) is 0 Å². The van der Waals surface area contributed by atoms with Gasteiger partial charge in [0.25, 0.3) is 11.8 Å². The Balaban J connectivity index is 2.16. The molecule has 1 aromatic rings. The Labute approximate surface area is 122 Å². The van der Waals surface area contributed by atoms with Gasteiger partial charge in [-0.1, -0.05) is 6.07 Å². The summed E-state index contributed by atoms with van der Waals surface area (Å²) in [5, 5.41) is 11.6. The summed E-state index contributed by atoms with van der Waals surface area (Å²) in [4.78, 5) is 36.8. The average Bonchev–Trinajstić information content (AvgIpc) is 3.26. The highest BCUT2D eigenvalue weighted by Crippen LogP contribution is 2.35. The van der Waals surface area contributed by atoms with Crippen LogP contribution in [0.4, 0.5) is 0 Å². The number of carbonyl (C=O) groups excluding carboxylic acids is 2. The maximum absolute atomic E-state index is 12.1. The average molecular weight is 290 g/mol. The number of carbonyl (C=O) groups is 3. The van der Waals surface area contributed by atoms with E-state index in [1.807, 2.05) is 6.92 Å². The summed E-state index contributed by atoms with van der Waals surface area (Å²) in [7, 11) is 1.68. The van der Waals surface area contributed by atoms with Gasteiger partial charge in [0.1, 0.15) is 5.54 Å². The zero-order chi connectivity index (χ0) is 15.6. The Kier molecular flexibility index (Phi) is 3.97. The monoisotopic (exact) mass is 290 g/mol. The largest absolute Gasteiger partial charge is 0.480 e. The minimum atomic E-state index is -1.13. The Morgan fingerprint density at radius 1 is 1.29 bits per heavy atom. The van der Waals surface area contributed by atoms with Gasteiger partial charge in [-0.15, -0.1) is 0 Å². The fourth-order valence-electron chi connectivity index (χ4n) is 1.96. The van der Waals surface area contributed by atoms with Crippen LogP contribution in [0.5, 0.6) is 0 Å². The number of rotatable bonds is 5. The van der Waals surface area contributed by atoms with Crippen LogP contribution >= 0.6 is 0 Å². The van der Waals surface area contributed by atoms with E-state index in [0.29, 0.717) is 24.9 Å². The summed E-state index contributed by atoms with van der Waals surface area (Å²) in [5.74, 6) is -1.66. The number of benzene rings is 1. The molecule has 1 aromatic carbocycles. The minimum absolute atomic E-state index is 0.175. The van der Waals surface area contributed by atoms with E-state index < -0.39 is 17.4 Å². The SMILES string of the molecule is CCN(C)C(=O)c1cccc(C(=O)NC2(C(=O)O)CC2)c1. The van der Waals surface area contributed by atoms with Gasteiger partial charge in [-0.2, -0.15) is 0 Å². The van der Waals surface area contributed by atoms with E-state index >= 15 is 0 Å². The Morgan fingerprint density at radius 3 is 2.43 bits per heavy atom. The molecule has 0 saturated heterocycles. The molecule has 0 radical (unpaired) electrons. The summed E-state index contributed by atoms with van der Waals surface area (Å²) >= 11 is 0. The maximum atomic E-state index is 12.1. The second kappa shape index (κ2) is 5.55. The first-order chi connectivity index (χ1) is 9.89. The molecule has 0 aliphatic heterocycles. The zero-order valence-electron chi connectivity index (χ0n) is 12.0. The van der Waals surface area contributed by atoms with Crippen molar-refractivity contribution in [2.24, 2.45) is 0 Å². The highest BCUT2D eigenvalue weighted by molar-refractivity contribution is 6.01. The maximum Gasteiger partial charge on any atom is 0.329 e. The molecule has 0 spiro atoms. The first-order valence-electron chi connectivity index (χ1n) is 6.81. The number of amides is 2. The van der Waals surface area contributed by atoms with Gasteiger partial charge in [0.05, 0.1) is 0 Å². The third-order valence-corrected chi connectivity index (χ3v) is 3.70. The number of carboxylic acids is 1. The molecular weight excluding hydrogens is 272 g/mol. The molecule has 0 heterocycles. The highest BCUT2D eigenvalue weighted by atomic mass is 16.4. The van der Waals surface area contributed by atoms with Crippen LogP contribution < -0.4 is 5.32 Å². The van der Waals surface area contributed by atoms with Crippen LogP contribution in [0.15, 0.2) is 24.3 Å². The Hall–Kier alpha value is -2.37. The molecule has 6 heteroatoms. The molecule has 2 N–H and O–H groups in total. The smallest absolute Gasteiger partial charge is 0.329 e. The molecule has 1 fully saturated rings. The van der Waals surface area contributed by atoms with Crippen LogP contribution in [0, 0.1) is 0 Å². The summed E-state index contributed by atoms with van der Waals surface area (Å²) in [6.45, 7) is 2.43. The summed E-state index contributed by atoms with van der Waals surface area (Å²) < 4.78 is 0. The van der Waals surface area contributed by atoms with Crippen molar-refractivity contribution >= 4 is 17.8 Å². The van der Waals surface area contributed by atoms with Crippen molar-refractivity contribution in [3.8, 4) is 0 Å². The molecule has 6 nitrogen and oxygen atoms in total. The molecule has 21 heavy (non-hydrogen) atoms. The van der Waals surface area contributed by atoms with E-state index in [1.54, 1.807) is 25.2 Å². The van der Waals surface area contributed by atoms with E-state index in [-0.39, 0.29) is 11.5 Å². The Morgan fingerprint density at radius 2 is 1.90 bits per heavy atom. The standard InChI is InChI=1S/C15H18N2O4/c1-3-17(2)13(19)11-6-4-5-10(9-11)12(18)16-15(7-8-15)14(20)21/h4-6,9H,3,7-8H2,1-2H3,(H,16,18)(H,20,21). The van der Waals surface area contributed by atoms with Gasteiger partial charge in [0, 0.05) is 24.7 Å². The van der Waals surface area contributed by atoms with Crippen LogP contribution in [0.25, 0.3) is 0 Å². The fourth-order valence-corrected chi connectivity index (χ4v) is 1.96. The van der Waals surface area contributed by atoms with E-state index in [9.17, 15) is 14.4 Å². The third kappa shape index (κ3) is 3.04. The predicted octanol–water partition coefficient (Wildman–Crippen LogP) is 1.13. The number of aliphatic carboxylic acids is 1. The van der Waals surface area contributed by atoms with E-state index in [4.69, 9.17) is 5.11 Å². The summed E-state index contributed by atoms with van der Waals surface area (Å²) in [6, 6.07) is 6.30. The Bertz CT molecular complexity index is 593. The van der Waals surface area contributed by atoms with Gasteiger partial charge >= 0.3 is 5.97 Å². The molecule has 2 rings (SSSR count). The lowest BCUT2D eigenvalue weighted by Crippen LogP contribution is -2.43. The van der Waals surface area contributed by atoms with Gasteiger partial charge in [-0.25, -0.2) is 4.79 Å². The first kappa shape index (κ1) is 15.0. The molecule has 2 amide bonds. The number of nitrogens with one attached hydrogen (secondary N) is 1. The van der Waals surface area contributed by atoms with Gasteiger partial charge in [0.2, 0.25) is 0 Å². The summed E-state index contributed by atoms with van der Waals surface area (Å²) in [6.07, 6.45) is 0.872. The fraction of sp³-hybridized carbons (Fsp3) is 0.400. The zero-order valence-corrected chi connectivity index (χ0v) is 12.0. The lowest BCUT2D eigenvalue weighted by atomic mass is 10.1. The van der Waals surface area contributed by atoms with Crippen LogP contribution in [-0.2, 0) is 4.79 Å². The lowest BCUT2D eigenvalue weighted by Gasteiger charge is -2.16. The molecule has 0 atom stereocenters. The molecule has 0 bridgehead atoms. The number of hydrogen-bond donors (Lipinski definition) is 2. The van der Waals surface area contributed by atoms with Crippen molar-refractivity contribution in [2.75, 3.05) is 13.6 Å². The molecule has 1 aliphatic carbocycles. The second-order valence-electron chi connectivity index (χ2n) is 5.24. The van der Waals surface area contributed by atoms with Crippen molar-refractivity contribution in [1.29, 1.82) is 0 Å². The lowest BCUT2D eigenvalue weighted by molar-refractivity contribution is -0.140. The van der Waals surface area contributed by atoms with Crippen molar-refractivity contribution in [1.82, 2.24) is 10.2 Å². The van der Waals surface area contributed by atoms with Crippen LogP contribution in [0.3, 0.4) is 0 Å². The number of nitrogens with zero attached hydrogens (tertiary/aromatic N) is 1. The van der Waals surface area contributed by atoms with Gasteiger partial charge in [-0.3, -0.25) is 9.59 Å². The minimum Gasteiger partial charge on any atom is -0.480 e. The summed E-state index contributed by atoms with van der Waals surface area (Å²) in [5.41, 5.74) is -0.429. The normalized spacial score (nSPS) is 15.1. The number of carboxylic acid groups (broad SMARTS) is 1. The highest BCUT2D eigenvalue weighted by Gasteiger charge is 2.51. The molecule has 1 saturated carbocycles. The van der Waals surface area contributed by atoms with E-state index in [1.165, 1.54) is 11.0 Å². The van der Waals surface area contributed by atoms with E-state index in [0.717, 1.165) is 0 Å². The van der Waals surface area contributed by atoms with Gasteiger partial charge < -0.3 is 15.3 Å². The molecule has 0 aromatic heterocycles. The topological polar surface area (TPSA) is 86.7 Å². The van der Waals surface area contributed by atoms with Gasteiger partial charge in [-0.05, 0) is 38.0 Å². The van der Waals surface area contributed by atoms with Gasteiger partial charge in [0.15, 0.2) is 0 Å². The van der Waals surface area contributed by atoms with Crippen molar-refractivity contribution in [3.63, 3.8) is 0 Å². The second-order valence-corrected chi connectivity index (χ2v) is 5.24. The third-order valence-electron chi connectivity index (χ3n) is 3.70. The quantitative estimate of drug-likeness (QED) is 0.851. The predicted molar refractivity (Wildman–Crippen MR) is 76.1 cm³/mol. The van der Waals surface area contributed by atoms with Crippen molar-refractivity contribution in [3.05, 3.63) is 35.4 Å². The van der Waals surface area contributed by atoms with Crippen molar-refractivity contribution < 1.29 is 19.5 Å². The molecular formula is C15H18N2O4. The first-order valence-corrected chi connectivity index (χ1v) is 6.81. The number of hydrogen-bond acceptors (Lipinski definition) is 3. The van der Waals surface area contributed by atoms with Crippen LogP contribution in [-0.4, -0.2) is 46.9 Å².